The quantitative estimate of drug-likeness (QED) is 0.197. The summed E-state index contributed by atoms with van der Waals surface area (Å²) in [6.07, 6.45) is 2.93. The topological polar surface area (TPSA) is 97.0 Å². The highest BCUT2D eigenvalue weighted by Crippen LogP contribution is 2.48. The summed E-state index contributed by atoms with van der Waals surface area (Å²) in [4.78, 5) is 30.1. The highest BCUT2D eigenvalue weighted by molar-refractivity contribution is 5.95. The van der Waals surface area contributed by atoms with Crippen molar-refractivity contribution in [2.24, 2.45) is 10.7 Å². The first-order valence-electron chi connectivity index (χ1n) is 12.6. The Labute approximate surface area is 218 Å². The second-order valence-corrected chi connectivity index (χ2v) is 9.58. The summed E-state index contributed by atoms with van der Waals surface area (Å²) in [5.41, 5.74) is 9.83. The van der Waals surface area contributed by atoms with Gasteiger partial charge in [-0.1, -0.05) is 61.9 Å². The van der Waals surface area contributed by atoms with Gasteiger partial charge in [-0.05, 0) is 54.3 Å². The van der Waals surface area contributed by atoms with E-state index in [2.05, 4.69) is 12.2 Å². The molecule has 0 radical (unpaired) electrons. The van der Waals surface area contributed by atoms with Crippen molar-refractivity contribution >= 4 is 18.3 Å². The van der Waals surface area contributed by atoms with E-state index in [9.17, 15) is 9.59 Å². The molecule has 2 atom stereocenters. The largest absolute Gasteiger partial charge is 0.485 e. The van der Waals surface area contributed by atoms with E-state index >= 15 is 0 Å². The molecular formula is C30H34N4O3. The number of rotatable bonds is 8. The number of carbonyl (C=O) groups excluding carboxylic acids is 2. The molecule has 0 saturated carbocycles. The Morgan fingerprint density at radius 1 is 1.14 bits per heavy atom. The molecular weight excluding hydrogens is 464 g/mol. The molecule has 192 valence electrons. The zero-order valence-electron chi connectivity index (χ0n) is 21.6. The SMILES string of the molecule is CCCCNC(=O)c1cccc(-c2ccc3c(c2)C(C)(N=C(N)N(C)C=O)CC(c2ccccc2)O3)c1. The number of hydrogen-bond acceptors (Lipinski definition) is 4. The minimum Gasteiger partial charge on any atom is -0.485 e. The average molecular weight is 499 g/mol. The van der Waals surface area contributed by atoms with Crippen LogP contribution in [0, 0.1) is 0 Å². The number of hydrogen-bond donors (Lipinski definition) is 2. The van der Waals surface area contributed by atoms with E-state index in [4.69, 9.17) is 15.5 Å². The van der Waals surface area contributed by atoms with Crippen molar-refractivity contribution in [3.63, 3.8) is 0 Å². The number of fused-ring (bicyclic) bond motifs is 1. The lowest BCUT2D eigenvalue weighted by molar-refractivity contribution is -0.114. The van der Waals surface area contributed by atoms with E-state index in [1.54, 1.807) is 7.05 Å². The van der Waals surface area contributed by atoms with Crippen molar-refractivity contribution in [2.45, 2.75) is 44.8 Å². The van der Waals surface area contributed by atoms with Gasteiger partial charge in [0, 0.05) is 31.1 Å². The standard InChI is InChI=1S/C30H34N4O3/c1-4-5-16-32-28(36)24-13-9-12-22(17-24)23-14-15-26-25(18-23)30(2,33-29(31)34(3)20-35)19-27(37-26)21-10-7-6-8-11-21/h6-15,17-18,20,27H,4-5,16,19H2,1-3H3,(H2,31,33)(H,32,36). The van der Waals surface area contributed by atoms with E-state index < -0.39 is 5.54 Å². The van der Waals surface area contributed by atoms with Crippen LogP contribution in [0.1, 0.15) is 60.7 Å². The second kappa shape index (κ2) is 11.3. The number of guanidine groups is 1. The molecule has 3 aromatic rings. The highest BCUT2D eigenvalue weighted by atomic mass is 16.5. The van der Waals surface area contributed by atoms with Crippen LogP contribution < -0.4 is 15.8 Å². The van der Waals surface area contributed by atoms with Crippen molar-refractivity contribution in [3.8, 4) is 16.9 Å². The van der Waals surface area contributed by atoms with E-state index in [0.29, 0.717) is 30.7 Å². The molecule has 0 saturated heterocycles. The lowest BCUT2D eigenvalue weighted by Gasteiger charge is -2.38. The molecule has 2 amide bonds. The van der Waals surface area contributed by atoms with Crippen molar-refractivity contribution in [1.29, 1.82) is 0 Å². The predicted molar refractivity (Wildman–Crippen MR) is 146 cm³/mol. The number of amides is 2. The smallest absolute Gasteiger partial charge is 0.251 e. The van der Waals surface area contributed by atoms with E-state index in [1.165, 1.54) is 4.90 Å². The predicted octanol–water partition coefficient (Wildman–Crippen LogP) is 5.03. The normalized spacial score (nSPS) is 18.9. The Kier molecular flexibility index (Phi) is 7.92. The van der Waals surface area contributed by atoms with Gasteiger partial charge in [0.05, 0.1) is 5.54 Å². The Morgan fingerprint density at radius 3 is 2.62 bits per heavy atom. The van der Waals surface area contributed by atoms with Gasteiger partial charge < -0.3 is 15.8 Å². The molecule has 3 aromatic carbocycles. The lowest BCUT2D eigenvalue weighted by Crippen LogP contribution is -2.38. The molecule has 0 spiro atoms. The third kappa shape index (κ3) is 5.82. The number of nitrogens with two attached hydrogens (primary N) is 1. The maximum atomic E-state index is 12.6. The number of nitrogens with one attached hydrogen (secondary N) is 1. The third-order valence-electron chi connectivity index (χ3n) is 6.74. The average Bonchev–Trinajstić information content (AvgIpc) is 2.92. The number of benzene rings is 3. The third-order valence-corrected chi connectivity index (χ3v) is 6.74. The molecule has 1 aliphatic heterocycles. The summed E-state index contributed by atoms with van der Waals surface area (Å²) >= 11 is 0. The number of aliphatic imine (C=N–C) groups is 1. The zero-order chi connectivity index (χ0) is 26.4. The fourth-order valence-electron chi connectivity index (χ4n) is 4.56. The van der Waals surface area contributed by atoms with Crippen LogP contribution in [-0.2, 0) is 10.3 Å². The van der Waals surface area contributed by atoms with Crippen LogP contribution in [0.15, 0.2) is 77.8 Å². The van der Waals surface area contributed by atoms with Gasteiger partial charge >= 0.3 is 0 Å². The molecule has 7 heteroatoms. The summed E-state index contributed by atoms with van der Waals surface area (Å²) < 4.78 is 6.43. The van der Waals surface area contributed by atoms with E-state index in [1.807, 2.05) is 79.7 Å². The lowest BCUT2D eigenvalue weighted by atomic mass is 9.81. The summed E-state index contributed by atoms with van der Waals surface area (Å²) in [6.45, 7) is 4.76. The van der Waals surface area contributed by atoms with Gasteiger partial charge in [0.25, 0.3) is 5.91 Å². The number of nitrogens with zero attached hydrogens (tertiary/aromatic N) is 2. The van der Waals surface area contributed by atoms with Crippen LogP contribution in [0.4, 0.5) is 0 Å². The van der Waals surface area contributed by atoms with Crippen molar-refractivity contribution in [1.82, 2.24) is 10.2 Å². The van der Waals surface area contributed by atoms with Crippen LogP contribution in [0.25, 0.3) is 11.1 Å². The fraction of sp³-hybridized carbons (Fsp3) is 0.300. The first-order valence-corrected chi connectivity index (χ1v) is 12.6. The molecule has 0 aliphatic carbocycles. The zero-order valence-corrected chi connectivity index (χ0v) is 21.6. The van der Waals surface area contributed by atoms with Crippen LogP contribution in [-0.4, -0.2) is 36.8 Å². The van der Waals surface area contributed by atoms with E-state index in [-0.39, 0.29) is 18.0 Å². The maximum Gasteiger partial charge on any atom is 0.251 e. The molecule has 2 unspecified atom stereocenters. The van der Waals surface area contributed by atoms with Crippen molar-refractivity contribution < 1.29 is 14.3 Å². The summed E-state index contributed by atoms with van der Waals surface area (Å²) in [6, 6.07) is 23.6. The Hall–Kier alpha value is -4.13. The molecule has 1 aliphatic rings. The van der Waals surface area contributed by atoms with Gasteiger partial charge in [-0.3, -0.25) is 14.5 Å². The van der Waals surface area contributed by atoms with Crippen LogP contribution >= 0.6 is 0 Å². The Balaban J connectivity index is 1.74. The molecule has 7 nitrogen and oxygen atoms in total. The van der Waals surface area contributed by atoms with Gasteiger partial charge in [0.2, 0.25) is 6.41 Å². The van der Waals surface area contributed by atoms with Crippen molar-refractivity contribution in [2.75, 3.05) is 13.6 Å². The molecule has 0 bridgehead atoms. The molecule has 37 heavy (non-hydrogen) atoms. The summed E-state index contributed by atoms with van der Waals surface area (Å²) in [5, 5.41) is 2.98. The Morgan fingerprint density at radius 2 is 1.89 bits per heavy atom. The molecule has 3 N–H and O–H groups in total. The van der Waals surface area contributed by atoms with Gasteiger partial charge in [-0.15, -0.1) is 0 Å². The van der Waals surface area contributed by atoms with E-state index in [0.717, 1.165) is 35.1 Å². The van der Waals surface area contributed by atoms with Crippen molar-refractivity contribution in [3.05, 3.63) is 89.5 Å². The molecule has 4 rings (SSSR count). The molecule has 0 fully saturated rings. The molecule has 0 aromatic heterocycles. The van der Waals surface area contributed by atoms with Crippen LogP contribution in [0.5, 0.6) is 5.75 Å². The van der Waals surface area contributed by atoms with Crippen LogP contribution in [0.2, 0.25) is 0 Å². The monoisotopic (exact) mass is 498 g/mol. The van der Waals surface area contributed by atoms with Gasteiger partial charge in [-0.25, -0.2) is 4.99 Å². The first kappa shape index (κ1) is 25.9. The summed E-state index contributed by atoms with van der Waals surface area (Å²) in [7, 11) is 1.58. The summed E-state index contributed by atoms with van der Waals surface area (Å²) in [5.74, 6) is 0.764. The minimum atomic E-state index is -0.749. The van der Waals surface area contributed by atoms with Gasteiger partial charge in [0.15, 0.2) is 5.96 Å². The number of carbonyl (C=O) groups is 2. The number of ether oxygens (including phenoxy) is 1. The second-order valence-electron chi connectivity index (χ2n) is 9.58. The molecule has 1 heterocycles. The first-order chi connectivity index (χ1) is 17.8. The van der Waals surface area contributed by atoms with Gasteiger partial charge in [0.1, 0.15) is 11.9 Å². The maximum absolute atomic E-state index is 12.6. The highest BCUT2D eigenvalue weighted by Gasteiger charge is 2.39. The van der Waals surface area contributed by atoms with Crippen LogP contribution in [0.3, 0.4) is 0 Å². The fourth-order valence-corrected chi connectivity index (χ4v) is 4.56. The number of unbranched alkanes of at least 4 members (excludes halogenated alkanes) is 1. The Bertz CT molecular complexity index is 1290. The minimum absolute atomic E-state index is 0.0820. The van der Waals surface area contributed by atoms with Gasteiger partial charge in [-0.2, -0.15) is 0 Å².